The number of fused-ring (bicyclic) bond motifs is 1. The Hall–Kier alpha value is -4.03. The number of imidazole rings is 1. The molecule has 0 N–H and O–H groups in total. The SMILES string of the molecule is Fc1cccc(Cn2c(-c3cn(-c4ccccc4)nc3-c3ccc(Br)cc3)nc3ccccc32)c1. The fourth-order valence-corrected chi connectivity index (χ4v) is 4.59. The molecule has 0 radical (unpaired) electrons. The van der Waals surface area contributed by atoms with Crippen molar-refractivity contribution in [1.29, 1.82) is 0 Å². The predicted molar refractivity (Wildman–Crippen MR) is 141 cm³/mol. The van der Waals surface area contributed by atoms with Gasteiger partial charge in [-0.25, -0.2) is 14.1 Å². The van der Waals surface area contributed by atoms with Crippen molar-refractivity contribution >= 4 is 27.0 Å². The normalized spacial score (nSPS) is 11.3. The van der Waals surface area contributed by atoms with Crippen molar-refractivity contribution in [3.05, 3.63) is 125 Å². The highest BCUT2D eigenvalue weighted by Crippen LogP contribution is 2.34. The molecule has 0 unspecified atom stereocenters. The van der Waals surface area contributed by atoms with Gasteiger partial charge in [0.2, 0.25) is 0 Å². The van der Waals surface area contributed by atoms with Crippen LogP contribution in [0, 0.1) is 5.82 Å². The second-order valence-electron chi connectivity index (χ2n) is 8.32. The molecule has 0 fully saturated rings. The molecule has 0 aliphatic heterocycles. The lowest BCUT2D eigenvalue weighted by molar-refractivity contribution is 0.624. The Morgan fingerprint density at radius 3 is 2.37 bits per heavy atom. The minimum absolute atomic E-state index is 0.249. The highest BCUT2D eigenvalue weighted by Gasteiger charge is 2.21. The van der Waals surface area contributed by atoms with Crippen LogP contribution in [-0.4, -0.2) is 19.3 Å². The summed E-state index contributed by atoms with van der Waals surface area (Å²) in [5.41, 5.74) is 6.43. The van der Waals surface area contributed by atoms with E-state index < -0.39 is 0 Å². The highest BCUT2D eigenvalue weighted by molar-refractivity contribution is 9.10. The average Bonchev–Trinajstić information content (AvgIpc) is 3.47. The van der Waals surface area contributed by atoms with Crippen molar-refractivity contribution in [2.45, 2.75) is 6.54 Å². The molecule has 4 aromatic carbocycles. The Labute approximate surface area is 210 Å². The molecule has 6 aromatic rings. The summed E-state index contributed by atoms with van der Waals surface area (Å²) in [5.74, 6) is 0.538. The van der Waals surface area contributed by atoms with Crippen LogP contribution in [0.5, 0.6) is 0 Å². The molecule has 0 amide bonds. The first-order valence-corrected chi connectivity index (χ1v) is 12.1. The third kappa shape index (κ3) is 4.17. The number of benzene rings is 4. The molecule has 0 bridgehead atoms. The number of hydrogen-bond acceptors (Lipinski definition) is 2. The van der Waals surface area contributed by atoms with E-state index in [2.05, 4.69) is 20.5 Å². The fourth-order valence-electron chi connectivity index (χ4n) is 4.33. The van der Waals surface area contributed by atoms with Crippen LogP contribution < -0.4 is 0 Å². The topological polar surface area (TPSA) is 35.6 Å². The number of halogens is 2. The molecule has 0 aliphatic carbocycles. The van der Waals surface area contributed by atoms with Crippen molar-refractivity contribution < 1.29 is 4.39 Å². The Bertz CT molecular complexity index is 1640. The minimum atomic E-state index is -0.249. The molecule has 6 rings (SSSR count). The van der Waals surface area contributed by atoms with Gasteiger partial charge < -0.3 is 4.57 Å². The maximum atomic E-state index is 14.0. The predicted octanol–water partition coefficient (Wildman–Crippen LogP) is 7.51. The van der Waals surface area contributed by atoms with Crippen LogP contribution in [-0.2, 0) is 6.54 Å². The van der Waals surface area contributed by atoms with E-state index in [4.69, 9.17) is 10.1 Å². The number of rotatable bonds is 5. The number of aromatic nitrogens is 4. The van der Waals surface area contributed by atoms with Gasteiger partial charge in [0.1, 0.15) is 17.3 Å². The van der Waals surface area contributed by atoms with E-state index in [0.29, 0.717) is 6.54 Å². The lowest BCUT2D eigenvalue weighted by Gasteiger charge is -2.10. The van der Waals surface area contributed by atoms with E-state index in [9.17, 15) is 4.39 Å². The first-order valence-electron chi connectivity index (χ1n) is 11.3. The maximum Gasteiger partial charge on any atom is 0.145 e. The van der Waals surface area contributed by atoms with Crippen LogP contribution >= 0.6 is 15.9 Å². The second kappa shape index (κ2) is 8.96. The smallest absolute Gasteiger partial charge is 0.145 e. The van der Waals surface area contributed by atoms with Gasteiger partial charge in [-0.1, -0.05) is 70.5 Å². The van der Waals surface area contributed by atoms with Crippen LogP contribution in [0.25, 0.3) is 39.4 Å². The van der Waals surface area contributed by atoms with Crippen LogP contribution in [0.15, 0.2) is 114 Å². The zero-order valence-electron chi connectivity index (χ0n) is 18.6. The van der Waals surface area contributed by atoms with Crippen molar-refractivity contribution in [3.8, 4) is 28.3 Å². The molecule has 4 nitrogen and oxygen atoms in total. The summed E-state index contributed by atoms with van der Waals surface area (Å²) in [4.78, 5) is 5.02. The molecule has 170 valence electrons. The Balaban J connectivity index is 1.59. The summed E-state index contributed by atoms with van der Waals surface area (Å²) >= 11 is 3.53. The minimum Gasteiger partial charge on any atom is -0.319 e. The standard InChI is InChI=1S/C29H20BrFN4/c30-22-15-13-21(14-16-22)28-25(19-35(33-28)24-9-2-1-3-10-24)29-32-26-11-4-5-12-27(26)34(29)18-20-7-6-8-23(31)17-20/h1-17,19H,18H2. The summed E-state index contributed by atoms with van der Waals surface area (Å²) in [5, 5.41) is 4.98. The monoisotopic (exact) mass is 522 g/mol. The molecule has 35 heavy (non-hydrogen) atoms. The van der Waals surface area contributed by atoms with Crippen LogP contribution in [0.1, 0.15) is 5.56 Å². The van der Waals surface area contributed by atoms with Gasteiger partial charge in [-0.05, 0) is 54.1 Å². The first kappa shape index (κ1) is 21.5. The maximum absolute atomic E-state index is 14.0. The van der Waals surface area contributed by atoms with E-state index in [0.717, 1.165) is 49.4 Å². The van der Waals surface area contributed by atoms with E-state index >= 15 is 0 Å². The lowest BCUT2D eigenvalue weighted by Crippen LogP contribution is -2.03. The number of nitrogens with zero attached hydrogens (tertiary/aromatic N) is 4. The summed E-state index contributed by atoms with van der Waals surface area (Å²) in [7, 11) is 0. The molecule has 0 atom stereocenters. The average molecular weight is 523 g/mol. The zero-order valence-corrected chi connectivity index (χ0v) is 20.2. The summed E-state index contributed by atoms with van der Waals surface area (Å²) < 4.78 is 19.0. The molecular formula is C29H20BrFN4. The molecule has 0 saturated heterocycles. The Kier molecular flexibility index (Phi) is 5.51. The van der Waals surface area contributed by atoms with Crippen molar-refractivity contribution in [1.82, 2.24) is 19.3 Å². The number of para-hydroxylation sites is 3. The van der Waals surface area contributed by atoms with Crippen LogP contribution in [0.3, 0.4) is 0 Å². The van der Waals surface area contributed by atoms with Gasteiger partial charge in [0, 0.05) is 22.8 Å². The first-order chi connectivity index (χ1) is 17.2. The molecule has 0 spiro atoms. The third-order valence-electron chi connectivity index (χ3n) is 5.98. The zero-order chi connectivity index (χ0) is 23.8. The molecule has 0 aliphatic rings. The van der Waals surface area contributed by atoms with Gasteiger partial charge in [0.05, 0.1) is 22.3 Å². The van der Waals surface area contributed by atoms with Gasteiger partial charge in [0.25, 0.3) is 0 Å². The quantitative estimate of drug-likeness (QED) is 0.235. The Morgan fingerprint density at radius 2 is 1.57 bits per heavy atom. The largest absolute Gasteiger partial charge is 0.319 e. The van der Waals surface area contributed by atoms with E-state index in [-0.39, 0.29) is 5.82 Å². The van der Waals surface area contributed by atoms with Crippen molar-refractivity contribution in [2.75, 3.05) is 0 Å². The molecule has 6 heteroatoms. The molecule has 2 heterocycles. The third-order valence-corrected chi connectivity index (χ3v) is 6.51. The van der Waals surface area contributed by atoms with E-state index in [1.165, 1.54) is 6.07 Å². The summed E-state index contributed by atoms with van der Waals surface area (Å²) in [6.07, 6.45) is 2.02. The van der Waals surface area contributed by atoms with Gasteiger partial charge in [-0.3, -0.25) is 0 Å². The van der Waals surface area contributed by atoms with Gasteiger partial charge in [-0.2, -0.15) is 5.10 Å². The number of hydrogen-bond donors (Lipinski definition) is 0. The van der Waals surface area contributed by atoms with Crippen molar-refractivity contribution in [3.63, 3.8) is 0 Å². The summed E-state index contributed by atoms with van der Waals surface area (Å²) in [6.45, 7) is 0.490. The van der Waals surface area contributed by atoms with Gasteiger partial charge in [0.15, 0.2) is 0 Å². The fraction of sp³-hybridized carbons (Fsp3) is 0.0345. The molecule has 2 aromatic heterocycles. The van der Waals surface area contributed by atoms with E-state index in [1.807, 2.05) is 95.8 Å². The van der Waals surface area contributed by atoms with Gasteiger partial charge >= 0.3 is 0 Å². The molecular weight excluding hydrogens is 503 g/mol. The highest BCUT2D eigenvalue weighted by atomic mass is 79.9. The summed E-state index contributed by atoms with van der Waals surface area (Å²) in [6, 6.07) is 32.9. The Morgan fingerprint density at radius 1 is 0.800 bits per heavy atom. The van der Waals surface area contributed by atoms with Crippen molar-refractivity contribution in [2.24, 2.45) is 0 Å². The van der Waals surface area contributed by atoms with Crippen LogP contribution in [0.4, 0.5) is 4.39 Å². The lowest BCUT2D eigenvalue weighted by atomic mass is 10.1. The van der Waals surface area contributed by atoms with Gasteiger partial charge in [-0.15, -0.1) is 0 Å². The molecule has 0 saturated carbocycles. The second-order valence-corrected chi connectivity index (χ2v) is 9.23. The van der Waals surface area contributed by atoms with E-state index in [1.54, 1.807) is 12.1 Å². The van der Waals surface area contributed by atoms with Crippen LogP contribution in [0.2, 0.25) is 0 Å².